The molecular formula is C15H31N3O. The summed E-state index contributed by atoms with van der Waals surface area (Å²) in [7, 11) is 3.77. The molecule has 1 heterocycles. The molecule has 0 radical (unpaired) electrons. The fraction of sp³-hybridized carbons (Fsp3) is 0.800. The van der Waals surface area contributed by atoms with Crippen molar-refractivity contribution in [2.75, 3.05) is 46.9 Å². The van der Waals surface area contributed by atoms with Crippen LogP contribution in [0.3, 0.4) is 0 Å². The van der Waals surface area contributed by atoms with Crippen LogP contribution < -0.4 is 0 Å². The zero-order valence-corrected chi connectivity index (χ0v) is 13.2. The Morgan fingerprint density at radius 3 is 2.37 bits per heavy atom. The van der Waals surface area contributed by atoms with Crippen molar-refractivity contribution in [1.82, 2.24) is 9.80 Å². The molecule has 112 valence electrons. The van der Waals surface area contributed by atoms with E-state index < -0.39 is 0 Å². The predicted molar refractivity (Wildman–Crippen MR) is 83.8 cm³/mol. The van der Waals surface area contributed by atoms with Gasteiger partial charge in [-0.1, -0.05) is 25.6 Å². The van der Waals surface area contributed by atoms with Gasteiger partial charge in [-0.2, -0.15) is 0 Å². The van der Waals surface area contributed by atoms with Crippen LogP contribution in [0.1, 0.15) is 33.1 Å². The average molecular weight is 269 g/mol. The minimum absolute atomic E-state index is 0.950. The third-order valence-electron chi connectivity index (χ3n) is 3.20. The second kappa shape index (κ2) is 12.2. The van der Waals surface area contributed by atoms with E-state index in [0.717, 1.165) is 18.6 Å². The van der Waals surface area contributed by atoms with Crippen molar-refractivity contribution in [2.45, 2.75) is 33.1 Å². The van der Waals surface area contributed by atoms with Crippen LogP contribution in [0.4, 0.5) is 0 Å². The largest absolute Gasteiger partial charge is 0.399 e. The summed E-state index contributed by atoms with van der Waals surface area (Å²) >= 11 is 0. The molecule has 0 N–H and O–H groups in total. The van der Waals surface area contributed by atoms with Crippen LogP contribution in [0.15, 0.2) is 17.8 Å². The maximum Gasteiger partial charge on any atom is 0.106 e. The molecule has 0 aromatic carbocycles. The SMILES string of the molecule is C=C/C(CCCCN1CCN(C)CC1)=N\OC.CC. The van der Waals surface area contributed by atoms with E-state index in [2.05, 4.69) is 28.6 Å². The van der Waals surface area contributed by atoms with Gasteiger partial charge in [-0.3, -0.25) is 0 Å². The molecule has 1 aliphatic rings. The second-order valence-corrected chi connectivity index (χ2v) is 4.57. The van der Waals surface area contributed by atoms with E-state index >= 15 is 0 Å². The molecule has 19 heavy (non-hydrogen) atoms. The molecule has 0 aromatic heterocycles. The molecule has 1 saturated heterocycles. The molecule has 0 atom stereocenters. The van der Waals surface area contributed by atoms with Gasteiger partial charge < -0.3 is 14.6 Å². The summed E-state index contributed by atoms with van der Waals surface area (Å²) in [4.78, 5) is 9.68. The summed E-state index contributed by atoms with van der Waals surface area (Å²) in [6.45, 7) is 13.7. The first-order chi connectivity index (χ1) is 9.26. The monoisotopic (exact) mass is 269 g/mol. The summed E-state index contributed by atoms with van der Waals surface area (Å²) < 4.78 is 0. The van der Waals surface area contributed by atoms with E-state index in [4.69, 9.17) is 4.84 Å². The average Bonchev–Trinajstić information content (AvgIpc) is 2.46. The number of piperazine rings is 1. The smallest absolute Gasteiger partial charge is 0.106 e. The molecule has 4 nitrogen and oxygen atoms in total. The summed E-state index contributed by atoms with van der Waals surface area (Å²) in [6, 6.07) is 0. The maximum absolute atomic E-state index is 4.75. The number of nitrogens with zero attached hydrogens (tertiary/aromatic N) is 3. The van der Waals surface area contributed by atoms with E-state index in [-0.39, 0.29) is 0 Å². The van der Waals surface area contributed by atoms with Crippen molar-refractivity contribution >= 4 is 5.71 Å². The van der Waals surface area contributed by atoms with Gasteiger partial charge in [-0.25, -0.2) is 0 Å². The van der Waals surface area contributed by atoms with Crippen LogP contribution in [0, 0.1) is 0 Å². The number of hydrogen-bond acceptors (Lipinski definition) is 4. The van der Waals surface area contributed by atoms with Crippen molar-refractivity contribution in [3.05, 3.63) is 12.7 Å². The number of oxime groups is 1. The minimum Gasteiger partial charge on any atom is -0.399 e. The van der Waals surface area contributed by atoms with Crippen LogP contribution in [0.2, 0.25) is 0 Å². The van der Waals surface area contributed by atoms with Gasteiger partial charge in [0.2, 0.25) is 0 Å². The molecule has 0 aromatic rings. The summed E-state index contributed by atoms with van der Waals surface area (Å²) in [5.74, 6) is 0. The molecular weight excluding hydrogens is 238 g/mol. The molecule has 4 heteroatoms. The summed E-state index contributed by atoms with van der Waals surface area (Å²) in [5.41, 5.74) is 0.950. The topological polar surface area (TPSA) is 28.1 Å². The van der Waals surface area contributed by atoms with Gasteiger partial charge in [0, 0.05) is 26.2 Å². The first-order valence-corrected chi connectivity index (χ1v) is 7.39. The van der Waals surface area contributed by atoms with Crippen molar-refractivity contribution in [1.29, 1.82) is 0 Å². The molecule has 1 aliphatic heterocycles. The van der Waals surface area contributed by atoms with Crippen LogP contribution >= 0.6 is 0 Å². The Bertz CT molecular complexity index is 246. The first kappa shape index (κ1) is 18.1. The highest BCUT2D eigenvalue weighted by molar-refractivity contribution is 5.93. The Kier molecular flexibility index (Phi) is 11.6. The van der Waals surface area contributed by atoms with E-state index in [9.17, 15) is 0 Å². The highest BCUT2D eigenvalue weighted by Crippen LogP contribution is 2.04. The van der Waals surface area contributed by atoms with Gasteiger partial charge >= 0.3 is 0 Å². The Morgan fingerprint density at radius 2 is 1.84 bits per heavy atom. The van der Waals surface area contributed by atoms with E-state index in [0.29, 0.717) is 0 Å². The quantitative estimate of drug-likeness (QED) is 0.404. The fourth-order valence-corrected chi connectivity index (χ4v) is 2.02. The highest BCUT2D eigenvalue weighted by Gasteiger charge is 2.12. The first-order valence-electron chi connectivity index (χ1n) is 7.39. The standard InChI is InChI=1S/C13H25N3O.C2H6/c1-4-13(14-17-3)7-5-6-8-16-11-9-15(2)10-12-16;1-2/h4H,1,5-12H2,2-3H3;1-2H3/b14-13+;. The van der Waals surface area contributed by atoms with E-state index in [1.54, 1.807) is 13.2 Å². The lowest BCUT2D eigenvalue weighted by atomic mass is 10.1. The van der Waals surface area contributed by atoms with Crippen molar-refractivity contribution < 1.29 is 4.84 Å². The van der Waals surface area contributed by atoms with Gasteiger partial charge in [0.05, 0.1) is 5.71 Å². The molecule has 0 amide bonds. The molecule has 0 unspecified atom stereocenters. The van der Waals surface area contributed by atoms with Gasteiger partial charge in [-0.15, -0.1) is 0 Å². The zero-order chi connectivity index (χ0) is 14.5. The molecule has 1 rings (SSSR count). The van der Waals surface area contributed by atoms with Crippen molar-refractivity contribution in [3.63, 3.8) is 0 Å². The number of allylic oxidation sites excluding steroid dienone is 1. The molecule has 0 bridgehead atoms. The zero-order valence-electron chi connectivity index (χ0n) is 13.2. The molecule has 0 saturated carbocycles. The van der Waals surface area contributed by atoms with Crippen LogP contribution in [0.25, 0.3) is 0 Å². The third kappa shape index (κ3) is 8.78. The Hall–Kier alpha value is -0.870. The van der Waals surface area contributed by atoms with Crippen LogP contribution in [-0.4, -0.2) is 62.4 Å². The minimum atomic E-state index is 0.950. The van der Waals surface area contributed by atoms with Crippen molar-refractivity contribution in [3.8, 4) is 0 Å². The normalized spacial score (nSPS) is 17.6. The second-order valence-electron chi connectivity index (χ2n) is 4.57. The number of rotatable bonds is 7. The Morgan fingerprint density at radius 1 is 1.21 bits per heavy atom. The van der Waals surface area contributed by atoms with Gasteiger partial charge in [0.15, 0.2) is 0 Å². The predicted octanol–water partition coefficient (Wildman–Crippen LogP) is 2.62. The Labute approximate surface area is 119 Å². The molecule has 1 fully saturated rings. The van der Waals surface area contributed by atoms with E-state index in [1.165, 1.54) is 39.1 Å². The third-order valence-corrected chi connectivity index (χ3v) is 3.20. The number of unbranched alkanes of at least 4 members (excludes halogenated alkanes) is 1. The lowest BCUT2D eigenvalue weighted by molar-refractivity contribution is 0.152. The molecule has 0 aliphatic carbocycles. The van der Waals surface area contributed by atoms with Gasteiger partial charge in [-0.05, 0) is 38.9 Å². The summed E-state index contributed by atoms with van der Waals surface area (Å²) in [6.07, 6.45) is 5.12. The summed E-state index contributed by atoms with van der Waals surface area (Å²) in [5, 5.41) is 3.92. The van der Waals surface area contributed by atoms with Crippen molar-refractivity contribution in [2.24, 2.45) is 5.16 Å². The lowest BCUT2D eigenvalue weighted by Gasteiger charge is -2.32. The molecule has 0 spiro atoms. The highest BCUT2D eigenvalue weighted by atomic mass is 16.6. The number of likely N-dealkylation sites (N-methyl/N-ethyl adjacent to an activating group) is 1. The van der Waals surface area contributed by atoms with Gasteiger partial charge in [0.1, 0.15) is 7.11 Å². The lowest BCUT2D eigenvalue weighted by Crippen LogP contribution is -2.44. The van der Waals surface area contributed by atoms with Gasteiger partial charge in [0.25, 0.3) is 0 Å². The van der Waals surface area contributed by atoms with E-state index in [1.807, 2.05) is 13.8 Å². The van der Waals surface area contributed by atoms with Crippen LogP contribution in [0.5, 0.6) is 0 Å². The van der Waals surface area contributed by atoms with Crippen LogP contribution in [-0.2, 0) is 4.84 Å². The fourth-order valence-electron chi connectivity index (χ4n) is 2.02. The Balaban J connectivity index is 0.00000154. The maximum atomic E-state index is 4.75. The number of hydrogen-bond donors (Lipinski definition) is 0.